The van der Waals surface area contributed by atoms with Crippen LogP contribution in [0.5, 0.6) is 5.75 Å². The van der Waals surface area contributed by atoms with Gasteiger partial charge >= 0.3 is 0 Å². The highest BCUT2D eigenvalue weighted by Gasteiger charge is 2.10. The molecular weight excluding hydrogens is 250 g/mol. The number of hydrogen-bond donors (Lipinski definition) is 0. The Morgan fingerprint density at radius 1 is 1.05 bits per heavy atom. The molecule has 0 heterocycles. The van der Waals surface area contributed by atoms with E-state index in [0.717, 1.165) is 16.9 Å². The number of rotatable bonds is 6. The largest absolute Gasteiger partial charge is 0.497 e. The Balaban J connectivity index is 1.86. The second-order valence-electron chi connectivity index (χ2n) is 4.46. The maximum atomic E-state index is 9.20. The predicted octanol–water partition coefficient (Wildman–Crippen LogP) is 3.52. The van der Waals surface area contributed by atoms with Crippen LogP contribution in [0.25, 0.3) is 0 Å². The first kappa shape index (κ1) is 14.1. The van der Waals surface area contributed by atoms with Crippen LogP contribution in [0.1, 0.15) is 17.0 Å². The van der Waals surface area contributed by atoms with Crippen molar-refractivity contribution in [1.29, 1.82) is 5.26 Å². The molecule has 0 aliphatic carbocycles. The standard InChI is InChI=1S/C17H17NO2/c1-19-17-9-7-14(8-10-17)12-20-13-16(11-18)15-5-3-2-4-6-15/h2-10,16H,12-13H2,1H3. The molecule has 0 radical (unpaired) electrons. The van der Waals surface area contributed by atoms with Crippen LogP contribution in [-0.2, 0) is 11.3 Å². The number of hydrogen-bond acceptors (Lipinski definition) is 3. The molecule has 2 rings (SSSR count). The van der Waals surface area contributed by atoms with Crippen molar-refractivity contribution in [2.75, 3.05) is 13.7 Å². The van der Waals surface area contributed by atoms with Gasteiger partial charge < -0.3 is 9.47 Å². The summed E-state index contributed by atoms with van der Waals surface area (Å²) in [4.78, 5) is 0. The lowest BCUT2D eigenvalue weighted by atomic mass is 10.0. The molecule has 3 nitrogen and oxygen atoms in total. The van der Waals surface area contributed by atoms with Crippen molar-refractivity contribution >= 4 is 0 Å². The summed E-state index contributed by atoms with van der Waals surface area (Å²) in [5, 5.41) is 9.20. The molecule has 0 N–H and O–H groups in total. The van der Waals surface area contributed by atoms with Gasteiger partial charge in [-0.25, -0.2) is 0 Å². The molecule has 0 aliphatic heterocycles. The van der Waals surface area contributed by atoms with Gasteiger partial charge in [-0.2, -0.15) is 5.26 Å². The average Bonchev–Trinajstić information content (AvgIpc) is 2.53. The minimum absolute atomic E-state index is 0.227. The molecule has 0 spiro atoms. The first-order valence-corrected chi connectivity index (χ1v) is 6.48. The Kier molecular flexibility index (Phi) is 5.16. The van der Waals surface area contributed by atoms with E-state index in [1.165, 1.54) is 0 Å². The van der Waals surface area contributed by atoms with Gasteiger partial charge in [-0.3, -0.25) is 0 Å². The summed E-state index contributed by atoms with van der Waals surface area (Å²) in [6.07, 6.45) is 0. The van der Waals surface area contributed by atoms with Gasteiger partial charge in [-0.15, -0.1) is 0 Å². The zero-order chi connectivity index (χ0) is 14.2. The van der Waals surface area contributed by atoms with E-state index in [9.17, 15) is 5.26 Å². The fourth-order valence-electron chi connectivity index (χ4n) is 1.91. The maximum absolute atomic E-state index is 9.20. The van der Waals surface area contributed by atoms with Gasteiger partial charge in [0.1, 0.15) is 5.75 Å². The monoisotopic (exact) mass is 267 g/mol. The maximum Gasteiger partial charge on any atom is 0.118 e. The van der Waals surface area contributed by atoms with E-state index >= 15 is 0 Å². The van der Waals surface area contributed by atoms with Crippen molar-refractivity contribution in [3.8, 4) is 11.8 Å². The summed E-state index contributed by atoms with van der Waals surface area (Å²) < 4.78 is 10.7. The summed E-state index contributed by atoms with van der Waals surface area (Å²) in [6, 6.07) is 19.7. The number of benzene rings is 2. The smallest absolute Gasteiger partial charge is 0.118 e. The third-order valence-electron chi connectivity index (χ3n) is 3.07. The molecule has 1 unspecified atom stereocenters. The van der Waals surface area contributed by atoms with Crippen molar-refractivity contribution in [1.82, 2.24) is 0 Å². The molecule has 0 fully saturated rings. The fourth-order valence-corrected chi connectivity index (χ4v) is 1.91. The van der Waals surface area contributed by atoms with Crippen molar-refractivity contribution in [3.63, 3.8) is 0 Å². The molecule has 2 aromatic rings. The van der Waals surface area contributed by atoms with E-state index in [-0.39, 0.29) is 5.92 Å². The molecule has 102 valence electrons. The average molecular weight is 267 g/mol. The Hall–Kier alpha value is -2.31. The Labute approximate surface area is 119 Å². The Morgan fingerprint density at radius 2 is 1.75 bits per heavy atom. The molecule has 0 amide bonds. The van der Waals surface area contributed by atoms with E-state index in [1.807, 2.05) is 54.6 Å². The molecule has 0 bridgehead atoms. The Bertz CT molecular complexity index is 558. The minimum atomic E-state index is -0.227. The Morgan fingerprint density at radius 3 is 2.35 bits per heavy atom. The molecule has 1 atom stereocenters. The minimum Gasteiger partial charge on any atom is -0.497 e. The van der Waals surface area contributed by atoms with E-state index in [2.05, 4.69) is 6.07 Å². The second-order valence-corrected chi connectivity index (χ2v) is 4.46. The van der Waals surface area contributed by atoms with Crippen LogP contribution >= 0.6 is 0 Å². The highest BCUT2D eigenvalue weighted by Crippen LogP contribution is 2.16. The predicted molar refractivity (Wildman–Crippen MR) is 77.4 cm³/mol. The summed E-state index contributed by atoms with van der Waals surface area (Å²) in [5.41, 5.74) is 2.06. The lowest BCUT2D eigenvalue weighted by Gasteiger charge is -2.10. The molecule has 0 saturated heterocycles. The highest BCUT2D eigenvalue weighted by molar-refractivity contribution is 5.27. The zero-order valence-corrected chi connectivity index (χ0v) is 11.5. The summed E-state index contributed by atoms with van der Waals surface area (Å²) >= 11 is 0. The van der Waals surface area contributed by atoms with Gasteiger partial charge in [-0.05, 0) is 23.3 Å². The van der Waals surface area contributed by atoms with E-state index in [1.54, 1.807) is 7.11 Å². The molecule has 3 heteroatoms. The van der Waals surface area contributed by atoms with Crippen LogP contribution in [0, 0.1) is 11.3 Å². The first-order chi connectivity index (χ1) is 9.83. The second kappa shape index (κ2) is 7.32. The van der Waals surface area contributed by atoms with Crippen LogP contribution in [-0.4, -0.2) is 13.7 Å². The van der Waals surface area contributed by atoms with Crippen molar-refractivity contribution in [2.45, 2.75) is 12.5 Å². The SMILES string of the molecule is COc1ccc(COCC(C#N)c2ccccc2)cc1. The number of nitriles is 1. The van der Waals surface area contributed by atoms with Gasteiger partial charge in [0, 0.05) is 0 Å². The highest BCUT2D eigenvalue weighted by atomic mass is 16.5. The lowest BCUT2D eigenvalue weighted by molar-refractivity contribution is 0.116. The van der Waals surface area contributed by atoms with Gasteiger partial charge in [0.2, 0.25) is 0 Å². The number of methoxy groups -OCH3 is 1. The van der Waals surface area contributed by atoms with Gasteiger partial charge in [0.25, 0.3) is 0 Å². The van der Waals surface area contributed by atoms with E-state index < -0.39 is 0 Å². The summed E-state index contributed by atoms with van der Waals surface area (Å²) in [6.45, 7) is 0.890. The fraction of sp³-hybridized carbons (Fsp3) is 0.235. The molecule has 0 aromatic heterocycles. The number of nitrogens with zero attached hydrogens (tertiary/aromatic N) is 1. The van der Waals surface area contributed by atoms with Gasteiger partial charge in [-0.1, -0.05) is 42.5 Å². The summed E-state index contributed by atoms with van der Waals surface area (Å²) in [5.74, 6) is 0.599. The van der Waals surface area contributed by atoms with Crippen molar-refractivity contribution in [3.05, 3.63) is 65.7 Å². The van der Waals surface area contributed by atoms with Gasteiger partial charge in [0.15, 0.2) is 0 Å². The van der Waals surface area contributed by atoms with Crippen LogP contribution in [0.15, 0.2) is 54.6 Å². The van der Waals surface area contributed by atoms with Gasteiger partial charge in [0.05, 0.1) is 32.3 Å². The van der Waals surface area contributed by atoms with Crippen LogP contribution in [0.2, 0.25) is 0 Å². The van der Waals surface area contributed by atoms with Crippen LogP contribution in [0.3, 0.4) is 0 Å². The summed E-state index contributed by atoms with van der Waals surface area (Å²) in [7, 11) is 1.64. The molecule has 2 aromatic carbocycles. The van der Waals surface area contributed by atoms with Crippen LogP contribution < -0.4 is 4.74 Å². The topological polar surface area (TPSA) is 42.2 Å². The molecule has 20 heavy (non-hydrogen) atoms. The normalized spacial score (nSPS) is 11.6. The van der Waals surface area contributed by atoms with Crippen LogP contribution in [0.4, 0.5) is 0 Å². The molecule has 0 aliphatic rings. The third-order valence-corrected chi connectivity index (χ3v) is 3.07. The van der Waals surface area contributed by atoms with Crippen molar-refractivity contribution in [2.24, 2.45) is 0 Å². The third kappa shape index (κ3) is 3.84. The lowest BCUT2D eigenvalue weighted by Crippen LogP contribution is -2.06. The van der Waals surface area contributed by atoms with E-state index in [4.69, 9.17) is 9.47 Å². The zero-order valence-electron chi connectivity index (χ0n) is 11.5. The molecular formula is C17H17NO2. The number of ether oxygens (including phenoxy) is 2. The van der Waals surface area contributed by atoms with Crippen molar-refractivity contribution < 1.29 is 9.47 Å². The molecule has 0 saturated carbocycles. The first-order valence-electron chi connectivity index (χ1n) is 6.48. The quantitative estimate of drug-likeness (QED) is 0.804. The van der Waals surface area contributed by atoms with E-state index in [0.29, 0.717) is 13.2 Å².